The van der Waals surface area contributed by atoms with Crippen molar-refractivity contribution in [2.45, 2.75) is 24.7 Å². The summed E-state index contributed by atoms with van der Waals surface area (Å²) in [5.41, 5.74) is 3.01. The maximum absolute atomic E-state index is 12.6. The van der Waals surface area contributed by atoms with Crippen molar-refractivity contribution in [3.8, 4) is 0 Å². The second-order valence-corrected chi connectivity index (χ2v) is 7.11. The number of imidazole rings is 1. The van der Waals surface area contributed by atoms with E-state index in [1.54, 1.807) is 30.6 Å². The fourth-order valence-corrected chi connectivity index (χ4v) is 3.49. The number of nitrogens with one attached hydrogen (secondary N) is 2. The molecule has 1 aromatic heterocycles. The minimum Gasteiger partial charge on any atom is -0.345 e. The summed E-state index contributed by atoms with van der Waals surface area (Å²) < 4.78 is 27.9. The molecule has 6 heteroatoms. The largest absolute Gasteiger partial charge is 0.345 e. The van der Waals surface area contributed by atoms with Gasteiger partial charge in [-0.2, -0.15) is 0 Å². The zero-order valence-corrected chi connectivity index (χ0v) is 13.2. The first-order valence-electron chi connectivity index (χ1n) is 7.02. The van der Waals surface area contributed by atoms with E-state index in [2.05, 4.69) is 14.7 Å². The highest BCUT2D eigenvalue weighted by molar-refractivity contribution is 7.92. The van der Waals surface area contributed by atoms with Crippen LogP contribution in [0.5, 0.6) is 0 Å². The zero-order chi connectivity index (χ0) is 15.7. The molecule has 0 saturated heterocycles. The van der Waals surface area contributed by atoms with E-state index in [0.29, 0.717) is 11.2 Å². The van der Waals surface area contributed by atoms with Gasteiger partial charge in [-0.3, -0.25) is 4.72 Å². The third-order valence-electron chi connectivity index (χ3n) is 3.53. The number of fused-ring (bicyclic) bond motifs is 1. The molecule has 0 fully saturated rings. The Bertz CT molecular complexity index is 914. The minimum absolute atomic E-state index is 0.211. The monoisotopic (exact) mass is 315 g/mol. The molecule has 0 atom stereocenters. The van der Waals surface area contributed by atoms with Crippen LogP contribution in [0.1, 0.15) is 25.3 Å². The van der Waals surface area contributed by atoms with E-state index in [1.165, 1.54) is 0 Å². The standard InChI is InChI=1S/C16H17N3O2S/c1-11(2)13-5-3-4-6-14(13)19-22(20,21)12-7-8-15-16(9-12)18-10-17-15/h3-11,19H,1-2H3,(H,17,18). The van der Waals surface area contributed by atoms with Gasteiger partial charge in [0.25, 0.3) is 10.0 Å². The number of aromatic nitrogens is 2. The summed E-state index contributed by atoms with van der Waals surface area (Å²) in [7, 11) is -3.64. The molecule has 0 aliphatic heterocycles. The topological polar surface area (TPSA) is 74.8 Å². The second-order valence-electron chi connectivity index (χ2n) is 5.43. The van der Waals surface area contributed by atoms with Crippen LogP contribution in [0.3, 0.4) is 0 Å². The van der Waals surface area contributed by atoms with E-state index in [9.17, 15) is 8.42 Å². The Labute approximate surface area is 129 Å². The van der Waals surface area contributed by atoms with Crippen LogP contribution < -0.4 is 4.72 Å². The molecule has 0 aliphatic carbocycles. The van der Waals surface area contributed by atoms with Crippen molar-refractivity contribution in [2.75, 3.05) is 4.72 Å². The number of nitrogens with zero attached hydrogens (tertiary/aromatic N) is 1. The Balaban J connectivity index is 2.00. The summed E-state index contributed by atoms with van der Waals surface area (Å²) >= 11 is 0. The van der Waals surface area contributed by atoms with E-state index < -0.39 is 10.0 Å². The summed E-state index contributed by atoms with van der Waals surface area (Å²) in [4.78, 5) is 7.23. The predicted octanol–water partition coefficient (Wildman–Crippen LogP) is 3.49. The Morgan fingerprint density at radius 2 is 1.91 bits per heavy atom. The van der Waals surface area contributed by atoms with Crippen LogP contribution in [-0.2, 0) is 10.0 Å². The number of anilines is 1. The smallest absolute Gasteiger partial charge is 0.261 e. The highest BCUT2D eigenvalue weighted by Crippen LogP contribution is 2.26. The fourth-order valence-electron chi connectivity index (χ4n) is 2.38. The molecule has 114 valence electrons. The molecule has 3 aromatic rings. The van der Waals surface area contributed by atoms with Crippen LogP contribution in [0.4, 0.5) is 5.69 Å². The van der Waals surface area contributed by atoms with Crippen molar-refractivity contribution >= 4 is 26.7 Å². The maximum atomic E-state index is 12.6. The quantitative estimate of drug-likeness (QED) is 0.774. The Hall–Kier alpha value is -2.34. The summed E-state index contributed by atoms with van der Waals surface area (Å²) in [6.45, 7) is 4.06. The van der Waals surface area contributed by atoms with E-state index in [0.717, 1.165) is 11.1 Å². The molecule has 0 spiro atoms. The van der Waals surface area contributed by atoms with Gasteiger partial charge in [0.2, 0.25) is 0 Å². The van der Waals surface area contributed by atoms with Crippen molar-refractivity contribution in [1.29, 1.82) is 0 Å². The van der Waals surface area contributed by atoms with Crippen LogP contribution in [0.2, 0.25) is 0 Å². The van der Waals surface area contributed by atoms with Crippen LogP contribution in [-0.4, -0.2) is 18.4 Å². The number of para-hydroxylation sites is 1. The molecule has 0 saturated carbocycles. The normalized spacial score (nSPS) is 12.0. The van der Waals surface area contributed by atoms with Gasteiger partial charge in [0.1, 0.15) is 0 Å². The summed E-state index contributed by atoms with van der Waals surface area (Å²) in [5.74, 6) is 0.231. The molecule has 3 rings (SSSR count). The number of hydrogen-bond acceptors (Lipinski definition) is 3. The number of sulfonamides is 1. The lowest BCUT2D eigenvalue weighted by atomic mass is 10.0. The zero-order valence-electron chi connectivity index (χ0n) is 12.4. The fraction of sp³-hybridized carbons (Fsp3) is 0.188. The molecule has 0 unspecified atom stereocenters. The van der Waals surface area contributed by atoms with Gasteiger partial charge in [0.15, 0.2) is 0 Å². The maximum Gasteiger partial charge on any atom is 0.261 e. The third kappa shape index (κ3) is 2.69. The molecule has 0 bridgehead atoms. The van der Waals surface area contributed by atoms with E-state index in [-0.39, 0.29) is 10.8 Å². The third-order valence-corrected chi connectivity index (χ3v) is 4.89. The molecule has 0 aliphatic rings. The molecular weight excluding hydrogens is 298 g/mol. The van der Waals surface area contributed by atoms with Gasteiger partial charge in [-0.05, 0) is 35.7 Å². The molecule has 2 N–H and O–H groups in total. The number of benzene rings is 2. The first-order valence-corrected chi connectivity index (χ1v) is 8.50. The van der Waals surface area contributed by atoms with Gasteiger partial charge in [-0.25, -0.2) is 13.4 Å². The van der Waals surface area contributed by atoms with E-state index in [4.69, 9.17) is 0 Å². The van der Waals surface area contributed by atoms with Crippen molar-refractivity contribution < 1.29 is 8.42 Å². The summed E-state index contributed by atoms with van der Waals surface area (Å²) in [5, 5.41) is 0. The van der Waals surface area contributed by atoms with Gasteiger partial charge in [-0.1, -0.05) is 32.0 Å². The van der Waals surface area contributed by atoms with Gasteiger partial charge >= 0.3 is 0 Å². The molecule has 0 amide bonds. The number of rotatable bonds is 4. The lowest BCUT2D eigenvalue weighted by Gasteiger charge is -2.14. The Kier molecular flexibility index (Phi) is 3.62. The van der Waals surface area contributed by atoms with E-state index in [1.807, 2.05) is 32.0 Å². The summed E-state index contributed by atoms with van der Waals surface area (Å²) in [6.07, 6.45) is 1.54. The van der Waals surface area contributed by atoms with Gasteiger partial charge < -0.3 is 4.98 Å². The van der Waals surface area contributed by atoms with Crippen molar-refractivity contribution in [1.82, 2.24) is 9.97 Å². The molecule has 5 nitrogen and oxygen atoms in total. The highest BCUT2D eigenvalue weighted by Gasteiger charge is 2.17. The van der Waals surface area contributed by atoms with Crippen LogP contribution in [0.15, 0.2) is 53.7 Å². The average molecular weight is 315 g/mol. The Morgan fingerprint density at radius 1 is 1.14 bits per heavy atom. The average Bonchev–Trinajstić information content (AvgIpc) is 2.94. The molecular formula is C16H17N3O2S. The molecule has 1 heterocycles. The van der Waals surface area contributed by atoms with Crippen molar-refractivity contribution in [3.63, 3.8) is 0 Å². The van der Waals surface area contributed by atoms with Gasteiger partial charge in [-0.15, -0.1) is 0 Å². The molecule has 22 heavy (non-hydrogen) atoms. The first-order chi connectivity index (χ1) is 10.5. The van der Waals surface area contributed by atoms with Crippen LogP contribution >= 0.6 is 0 Å². The lowest BCUT2D eigenvalue weighted by Crippen LogP contribution is -2.14. The SMILES string of the molecule is CC(C)c1ccccc1NS(=O)(=O)c1ccc2nc[nH]c2c1. The van der Waals surface area contributed by atoms with E-state index >= 15 is 0 Å². The van der Waals surface area contributed by atoms with Crippen LogP contribution in [0.25, 0.3) is 11.0 Å². The number of H-pyrrole nitrogens is 1. The minimum atomic E-state index is -3.64. The molecule has 2 aromatic carbocycles. The predicted molar refractivity (Wildman–Crippen MR) is 87.4 cm³/mol. The second kappa shape index (κ2) is 5.46. The van der Waals surface area contributed by atoms with Gasteiger partial charge in [0.05, 0.1) is 27.9 Å². The van der Waals surface area contributed by atoms with Crippen molar-refractivity contribution in [3.05, 3.63) is 54.4 Å². The first kappa shape index (κ1) is 14.6. The van der Waals surface area contributed by atoms with Crippen molar-refractivity contribution in [2.24, 2.45) is 0 Å². The molecule has 0 radical (unpaired) electrons. The lowest BCUT2D eigenvalue weighted by molar-refractivity contribution is 0.601. The Morgan fingerprint density at radius 3 is 2.68 bits per heavy atom. The van der Waals surface area contributed by atoms with Gasteiger partial charge in [0, 0.05) is 0 Å². The number of aromatic amines is 1. The highest BCUT2D eigenvalue weighted by atomic mass is 32.2. The van der Waals surface area contributed by atoms with Crippen LogP contribution in [0, 0.1) is 0 Å². The number of hydrogen-bond donors (Lipinski definition) is 2. The summed E-state index contributed by atoms with van der Waals surface area (Å²) in [6, 6.07) is 12.3.